The highest BCUT2D eigenvalue weighted by Crippen LogP contribution is 2.30. The van der Waals surface area contributed by atoms with Crippen LogP contribution in [-0.2, 0) is 4.79 Å². The van der Waals surface area contributed by atoms with E-state index < -0.39 is 0 Å². The summed E-state index contributed by atoms with van der Waals surface area (Å²) in [5, 5.41) is 5.84. The molecule has 0 aliphatic carbocycles. The number of ether oxygens (including phenoxy) is 1. The fourth-order valence-electron chi connectivity index (χ4n) is 2.29. The Morgan fingerprint density at radius 1 is 1.33 bits per heavy atom. The van der Waals surface area contributed by atoms with E-state index in [-0.39, 0.29) is 18.4 Å². The summed E-state index contributed by atoms with van der Waals surface area (Å²) in [5.74, 6) is 0.171. The number of hydrogen-bond donors (Lipinski definition) is 2. The molecule has 0 spiro atoms. The maximum atomic E-state index is 12.2. The number of amides is 2. The van der Waals surface area contributed by atoms with Gasteiger partial charge in [-0.1, -0.05) is 6.07 Å². The average molecular weight is 291 g/mol. The van der Waals surface area contributed by atoms with Crippen molar-refractivity contribution < 1.29 is 14.3 Å². The lowest BCUT2D eigenvalue weighted by molar-refractivity contribution is -0.129. The molecule has 2 rings (SSSR count). The molecular weight excluding hydrogens is 270 g/mol. The zero-order valence-corrected chi connectivity index (χ0v) is 12.4. The Balaban J connectivity index is 2.03. The molecule has 21 heavy (non-hydrogen) atoms. The molecule has 0 fully saturated rings. The van der Waals surface area contributed by atoms with Gasteiger partial charge in [0.15, 0.2) is 5.75 Å². The van der Waals surface area contributed by atoms with Gasteiger partial charge in [0.25, 0.3) is 5.91 Å². The number of nitrogens with one attached hydrogen (secondary N) is 2. The second kappa shape index (κ2) is 6.97. The third-order valence-electron chi connectivity index (χ3n) is 3.44. The van der Waals surface area contributed by atoms with Gasteiger partial charge in [0.2, 0.25) is 5.91 Å². The standard InChI is InChI=1S/C15H21N3O3/c1-3-18(4-2)13(19)10-17-15(20)11-6-5-7-12-14(11)21-9-8-16-12/h5-7,16H,3-4,8-10H2,1-2H3,(H,17,20). The molecule has 0 aromatic heterocycles. The quantitative estimate of drug-likeness (QED) is 0.852. The first-order chi connectivity index (χ1) is 10.2. The van der Waals surface area contributed by atoms with E-state index in [4.69, 9.17) is 4.74 Å². The summed E-state index contributed by atoms with van der Waals surface area (Å²) in [6.07, 6.45) is 0. The Hall–Kier alpha value is -2.24. The molecule has 1 aromatic rings. The molecular formula is C15H21N3O3. The van der Waals surface area contributed by atoms with E-state index >= 15 is 0 Å². The summed E-state index contributed by atoms with van der Waals surface area (Å²) in [5.41, 5.74) is 1.26. The molecule has 2 amide bonds. The van der Waals surface area contributed by atoms with Crippen LogP contribution in [0.25, 0.3) is 0 Å². The lowest BCUT2D eigenvalue weighted by Crippen LogP contribution is -2.40. The van der Waals surface area contributed by atoms with Gasteiger partial charge in [0, 0.05) is 19.6 Å². The van der Waals surface area contributed by atoms with Crippen LogP contribution in [0.5, 0.6) is 5.75 Å². The lowest BCUT2D eigenvalue weighted by Gasteiger charge is -2.22. The Bertz CT molecular complexity index is 527. The summed E-state index contributed by atoms with van der Waals surface area (Å²) in [7, 11) is 0. The van der Waals surface area contributed by atoms with Gasteiger partial charge in [0.05, 0.1) is 17.8 Å². The number of carbonyl (C=O) groups is 2. The van der Waals surface area contributed by atoms with Crippen LogP contribution in [0, 0.1) is 0 Å². The molecule has 1 aliphatic heterocycles. The summed E-state index contributed by atoms with van der Waals surface area (Å²) in [6.45, 7) is 6.34. The van der Waals surface area contributed by atoms with Crippen molar-refractivity contribution in [1.82, 2.24) is 10.2 Å². The van der Waals surface area contributed by atoms with E-state index in [1.54, 1.807) is 17.0 Å². The first kappa shape index (κ1) is 15.2. The van der Waals surface area contributed by atoms with E-state index in [0.717, 1.165) is 12.2 Å². The molecule has 0 atom stereocenters. The summed E-state index contributed by atoms with van der Waals surface area (Å²) < 4.78 is 5.55. The zero-order valence-electron chi connectivity index (χ0n) is 12.4. The van der Waals surface area contributed by atoms with Gasteiger partial charge < -0.3 is 20.3 Å². The number of nitrogens with zero attached hydrogens (tertiary/aromatic N) is 1. The molecule has 0 radical (unpaired) electrons. The van der Waals surface area contributed by atoms with Gasteiger partial charge in [-0.3, -0.25) is 9.59 Å². The molecule has 2 N–H and O–H groups in total. The van der Waals surface area contributed by atoms with E-state index in [0.29, 0.717) is 31.0 Å². The lowest BCUT2D eigenvalue weighted by atomic mass is 10.1. The fourth-order valence-corrected chi connectivity index (χ4v) is 2.29. The van der Waals surface area contributed by atoms with Gasteiger partial charge in [-0.2, -0.15) is 0 Å². The number of fused-ring (bicyclic) bond motifs is 1. The maximum absolute atomic E-state index is 12.2. The van der Waals surface area contributed by atoms with Crippen LogP contribution in [0.15, 0.2) is 18.2 Å². The highest BCUT2D eigenvalue weighted by atomic mass is 16.5. The molecule has 114 valence electrons. The third-order valence-corrected chi connectivity index (χ3v) is 3.44. The van der Waals surface area contributed by atoms with Crippen molar-refractivity contribution in [2.24, 2.45) is 0 Å². The van der Waals surface area contributed by atoms with Crippen molar-refractivity contribution in [1.29, 1.82) is 0 Å². The van der Waals surface area contributed by atoms with Crippen molar-refractivity contribution in [3.05, 3.63) is 23.8 Å². The summed E-state index contributed by atoms with van der Waals surface area (Å²) in [6, 6.07) is 5.36. The molecule has 6 nitrogen and oxygen atoms in total. The molecule has 0 saturated carbocycles. The number of likely N-dealkylation sites (N-methyl/N-ethyl adjacent to an activating group) is 1. The van der Waals surface area contributed by atoms with Crippen molar-refractivity contribution in [3.8, 4) is 5.75 Å². The number of benzene rings is 1. The highest BCUT2D eigenvalue weighted by Gasteiger charge is 2.19. The molecule has 1 heterocycles. The SMILES string of the molecule is CCN(CC)C(=O)CNC(=O)c1cccc2c1OCCN2. The minimum Gasteiger partial charge on any atom is -0.489 e. The van der Waals surface area contributed by atoms with Gasteiger partial charge >= 0.3 is 0 Å². The highest BCUT2D eigenvalue weighted by molar-refractivity contribution is 6.00. The smallest absolute Gasteiger partial charge is 0.255 e. The van der Waals surface area contributed by atoms with Crippen molar-refractivity contribution >= 4 is 17.5 Å². The van der Waals surface area contributed by atoms with Crippen LogP contribution < -0.4 is 15.4 Å². The Labute approximate surface area is 124 Å². The van der Waals surface area contributed by atoms with Crippen LogP contribution >= 0.6 is 0 Å². The number of para-hydroxylation sites is 1. The van der Waals surface area contributed by atoms with E-state index in [9.17, 15) is 9.59 Å². The van der Waals surface area contributed by atoms with E-state index in [2.05, 4.69) is 10.6 Å². The number of carbonyl (C=O) groups excluding carboxylic acids is 2. The second-order valence-corrected chi connectivity index (χ2v) is 4.71. The summed E-state index contributed by atoms with van der Waals surface area (Å²) in [4.78, 5) is 25.8. The molecule has 0 unspecified atom stereocenters. The Kier molecular flexibility index (Phi) is 5.03. The van der Waals surface area contributed by atoms with Gasteiger partial charge in [-0.05, 0) is 26.0 Å². The van der Waals surface area contributed by atoms with Crippen molar-refractivity contribution in [2.75, 3.05) is 38.1 Å². The average Bonchev–Trinajstić information content (AvgIpc) is 2.53. The zero-order chi connectivity index (χ0) is 15.2. The predicted molar refractivity (Wildman–Crippen MR) is 80.7 cm³/mol. The van der Waals surface area contributed by atoms with Crippen LogP contribution in [0.4, 0.5) is 5.69 Å². The minimum atomic E-state index is -0.295. The first-order valence-corrected chi connectivity index (χ1v) is 7.23. The number of rotatable bonds is 5. The van der Waals surface area contributed by atoms with Crippen molar-refractivity contribution in [3.63, 3.8) is 0 Å². The second-order valence-electron chi connectivity index (χ2n) is 4.71. The Morgan fingerprint density at radius 2 is 2.10 bits per heavy atom. The maximum Gasteiger partial charge on any atom is 0.255 e. The molecule has 0 bridgehead atoms. The summed E-state index contributed by atoms with van der Waals surface area (Å²) >= 11 is 0. The first-order valence-electron chi connectivity index (χ1n) is 7.23. The molecule has 0 saturated heterocycles. The largest absolute Gasteiger partial charge is 0.489 e. The van der Waals surface area contributed by atoms with Crippen LogP contribution in [0.1, 0.15) is 24.2 Å². The fraction of sp³-hybridized carbons (Fsp3) is 0.467. The number of anilines is 1. The molecule has 1 aliphatic rings. The predicted octanol–water partition coefficient (Wildman–Crippen LogP) is 1.09. The van der Waals surface area contributed by atoms with Gasteiger partial charge in [0.1, 0.15) is 6.61 Å². The monoisotopic (exact) mass is 291 g/mol. The van der Waals surface area contributed by atoms with Crippen LogP contribution in [0.3, 0.4) is 0 Å². The molecule has 1 aromatic carbocycles. The minimum absolute atomic E-state index is 0.00237. The topological polar surface area (TPSA) is 70.7 Å². The third kappa shape index (κ3) is 3.45. The van der Waals surface area contributed by atoms with Gasteiger partial charge in [-0.25, -0.2) is 0 Å². The Morgan fingerprint density at radius 3 is 2.81 bits per heavy atom. The van der Waals surface area contributed by atoms with E-state index in [1.807, 2.05) is 19.9 Å². The number of hydrogen-bond acceptors (Lipinski definition) is 4. The normalized spacial score (nSPS) is 12.7. The van der Waals surface area contributed by atoms with Crippen molar-refractivity contribution in [2.45, 2.75) is 13.8 Å². The van der Waals surface area contributed by atoms with Gasteiger partial charge in [-0.15, -0.1) is 0 Å². The van der Waals surface area contributed by atoms with Crippen LogP contribution in [-0.4, -0.2) is 49.5 Å². The van der Waals surface area contributed by atoms with E-state index in [1.165, 1.54) is 0 Å². The molecule has 6 heteroatoms. The van der Waals surface area contributed by atoms with Crippen LogP contribution in [0.2, 0.25) is 0 Å².